The molecule has 112 valence electrons. The lowest BCUT2D eigenvalue weighted by molar-refractivity contribution is -0.121. The first-order valence-corrected chi connectivity index (χ1v) is 7.60. The summed E-state index contributed by atoms with van der Waals surface area (Å²) >= 11 is 0. The van der Waals surface area contributed by atoms with Gasteiger partial charge >= 0.3 is 0 Å². The van der Waals surface area contributed by atoms with Crippen molar-refractivity contribution in [2.45, 2.75) is 57.9 Å². The summed E-state index contributed by atoms with van der Waals surface area (Å²) in [6.07, 6.45) is 7.04. The van der Waals surface area contributed by atoms with E-state index in [1.165, 1.54) is 19.3 Å². The number of hydrogen-bond acceptors (Lipinski definition) is 3. The highest BCUT2D eigenvalue weighted by Gasteiger charge is 2.24. The molecule has 1 aromatic heterocycles. The van der Waals surface area contributed by atoms with Gasteiger partial charge in [0.1, 0.15) is 0 Å². The summed E-state index contributed by atoms with van der Waals surface area (Å²) < 4.78 is 0. The Bertz CT molecular complexity index is 425. The quantitative estimate of drug-likeness (QED) is 0.742. The van der Waals surface area contributed by atoms with Crippen LogP contribution in [-0.4, -0.2) is 33.9 Å². The van der Waals surface area contributed by atoms with Crippen molar-refractivity contribution in [3.8, 4) is 0 Å². The van der Waals surface area contributed by atoms with Gasteiger partial charge in [-0.15, -0.1) is 0 Å². The topological polar surface area (TPSA) is 78.0 Å². The smallest absolute Gasteiger partial charge is 0.226 e. The van der Waals surface area contributed by atoms with Gasteiger partial charge in [-0.25, -0.2) is 0 Å². The van der Waals surface area contributed by atoms with Gasteiger partial charge in [0.05, 0.1) is 12.1 Å². The summed E-state index contributed by atoms with van der Waals surface area (Å²) in [6.45, 7) is 2.05. The molecule has 20 heavy (non-hydrogen) atoms. The first kappa shape index (κ1) is 15.0. The van der Waals surface area contributed by atoms with Crippen LogP contribution in [0, 0.1) is 12.8 Å². The van der Waals surface area contributed by atoms with Gasteiger partial charge in [0.15, 0.2) is 0 Å². The molecule has 5 heteroatoms. The third-order valence-electron chi connectivity index (χ3n) is 4.11. The highest BCUT2D eigenvalue weighted by atomic mass is 16.3. The molecule has 1 aliphatic carbocycles. The molecule has 1 saturated carbocycles. The highest BCUT2D eigenvalue weighted by Crippen LogP contribution is 2.27. The number of hydrogen-bond donors (Lipinski definition) is 3. The van der Waals surface area contributed by atoms with E-state index in [1.807, 2.05) is 13.0 Å². The van der Waals surface area contributed by atoms with Crippen LogP contribution in [-0.2, 0) is 11.2 Å². The van der Waals surface area contributed by atoms with Crippen LogP contribution in [0.3, 0.4) is 0 Å². The molecule has 0 radical (unpaired) electrons. The van der Waals surface area contributed by atoms with E-state index >= 15 is 0 Å². The lowest BCUT2D eigenvalue weighted by Gasteiger charge is -2.30. The molecule has 1 amide bonds. The number of nitrogens with zero attached hydrogens (tertiary/aromatic N) is 1. The second-order valence-corrected chi connectivity index (χ2v) is 5.80. The second kappa shape index (κ2) is 7.43. The lowest BCUT2D eigenvalue weighted by Crippen LogP contribution is -2.42. The van der Waals surface area contributed by atoms with Crippen molar-refractivity contribution in [2.75, 3.05) is 6.61 Å². The van der Waals surface area contributed by atoms with Crippen LogP contribution in [0.2, 0.25) is 0 Å². The molecule has 5 nitrogen and oxygen atoms in total. The molecule has 3 N–H and O–H groups in total. The standard InChI is InChI=1S/C15H25N3O2/c1-11-9-13(18-17-11)10-15(20)16-14(7-8-19)12-5-3-2-4-6-12/h9,12,14,19H,2-8,10H2,1H3,(H,16,20)(H,17,18). The summed E-state index contributed by atoms with van der Waals surface area (Å²) in [5, 5.41) is 19.2. The summed E-state index contributed by atoms with van der Waals surface area (Å²) in [6, 6.07) is 1.99. The molecule has 1 fully saturated rings. The minimum absolute atomic E-state index is 0.000485. The second-order valence-electron chi connectivity index (χ2n) is 5.80. The number of aryl methyl sites for hydroxylation is 1. The lowest BCUT2D eigenvalue weighted by atomic mass is 9.82. The van der Waals surface area contributed by atoms with E-state index < -0.39 is 0 Å². The maximum atomic E-state index is 12.1. The van der Waals surface area contributed by atoms with Crippen molar-refractivity contribution in [2.24, 2.45) is 5.92 Å². The molecule has 0 aromatic carbocycles. The third kappa shape index (κ3) is 4.34. The number of aromatic nitrogens is 2. The Morgan fingerprint density at radius 3 is 2.85 bits per heavy atom. The molecule has 1 aliphatic rings. The average molecular weight is 279 g/mol. The van der Waals surface area contributed by atoms with Gasteiger partial charge in [-0.1, -0.05) is 19.3 Å². The molecule has 0 aliphatic heterocycles. The zero-order chi connectivity index (χ0) is 14.4. The number of nitrogens with one attached hydrogen (secondary N) is 2. The monoisotopic (exact) mass is 279 g/mol. The minimum atomic E-state index is 0.000485. The Morgan fingerprint density at radius 1 is 1.50 bits per heavy atom. The van der Waals surface area contributed by atoms with Gasteiger partial charge in [0.2, 0.25) is 5.91 Å². The largest absolute Gasteiger partial charge is 0.396 e. The number of aliphatic hydroxyl groups is 1. The predicted molar refractivity (Wildman–Crippen MR) is 77.2 cm³/mol. The summed E-state index contributed by atoms with van der Waals surface area (Å²) in [7, 11) is 0. The van der Waals surface area contributed by atoms with Crippen LogP contribution < -0.4 is 5.32 Å². The maximum absolute atomic E-state index is 12.1. The first-order chi connectivity index (χ1) is 9.69. The SMILES string of the molecule is Cc1cc(CC(=O)NC(CCO)C2CCCCC2)n[nH]1. The number of H-pyrrole nitrogens is 1. The molecule has 0 spiro atoms. The highest BCUT2D eigenvalue weighted by molar-refractivity contribution is 5.78. The average Bonchev–Trinajstić information content (AvgIpc) is 2.84. The van der Waals surface area contributed by atoms with Crippen LogP contribution in [0.1, 0.15) is 49.9 Å². The van der Waals surface area contributed by atoms with Crippen LogP contribution in [0.4, 0.5) is 0 Å². The van der Waals surface area contributed by atoms with Gasteiger partial charge in [-0.3, -0.25) is 9.89 Å². The van der Waals surface area contributed by atoms with Crippen LogP contribution in [0.5, 0.6) is 0 Å². The first-order valence-electron chi connectivity index (χ1n) is 7.60. The summed E-state index contributed by atoms with van der Waals surface area (Å²) in [5.41, 5.74) is 1.73. The molecular weight excluding hydrogens is 254 g/mol. The fraction of sp³-hybridized carbons (Fsp3) is 0.733. The molecule has 0 bridgehead atoms. The molecular formula is C15H25N3O2. The Balaban J connectivity index is 1.87. The van der Waals surface area contributed by atoms with Gasteiger partial charge < -0.3 is 10.4 Å². The van der Waals surface area contributed by atoms with Crippen molar-refractivity contribution in [3.05, 3.63) is 17.5 Å². The zero-order valence-electron chi connectivity index (χ0n) is 12.2. The van der Waals surface area contributed by atoms with Crippen LogP contribution in [0.15, 0.2) is 6.07 Å². The van der Waals surface area contributed by atoms with Crippen LogP contribution in [0.25, 0.3) is 0 Å². The molecule has 1 heterocycles. The van der Waals surface area contributed by atoms with Gasteiger partial charge in [0.25, 0.3) is 0 Å². The van der Waals surface area contributed by atoms with E-state index in [4.69, 9.17) is 0 Å². The Kier molecular flexibility index (Phi) is 5.59. The van der Waals surface area contributed by atoms with Gasteiger partial charge in [-0.05, 0) is 38.2 Å². The molecule has 0 saturated heterocycles. The normalized spacial score (nSPS) is 17.9. The Labute approximate surface area is 120 Å². The summed E-state index contributed by atoms with van der Waals surface area (Å²) in [5.74, 6) is 0.515. The molecule has 1 aromatic rings. The van der Waals surface area contributed by atoms with Crippen molar-refractivity contribution in [1.29, 1.82) is 0 Å². The fourth-order valence-corrected chi connectivity index (χ4v) is 3.09. The van der Waals surface area contributed by atoms with E-state index in [0.29, 0.717) is 18.8 Å². The van der Waals surface area contributed by atoms with Crippen molar-refractivity contribution >= 4 is 5.91 Å². The number of aromatic amines is 1. The Morgan fingerprint density at radius 2 is 2.25 bits per heavy atom. The van der Waals surface area contributed by atoms with Crippen molar-refractivity contribution < 1.29 is 9.90 Å². The van der Waals surface area contributed by atoms with E-state index in [-0.39, 0.29) is 18.6 Å². The van der Waals surface area contributed by atoms with Crippen LogP contribution >= 0.6 is 0 Å². The number of carbonyl (C=O) groups excluding carboxylic acids is 1. The third-order valence-corrected chi connectivity index (χ3v) is 4.11. The molecule has 1 unspecified atom stereocenters. The summed E-state index contributed by atoms with van der Waals surface area (Å²) in [4.78, 5) is 12.1. The maximum Gasteiger partial charge on any atom is 0.226 e. The van der Waals surface area contributed by atoms with E-state index in [1.54, 1.807) is 0 Å². The Hall–Kier alpha value is -1.36. The number of carbonyl (C=O) groups is 1. The van der Waals surface area contributed by atoms with Gasteiger partial charge in [-0.2, -0.15) is 5.10 Å². The van der Waals surface area contributed by atoms with E-state index in [9.17, 15) is 9.90 Å². The molecule has 1 atom stereocenters. The predicted octanol–water partition coefficient (Wildman–Crippen LogP) is 1.71. The number of amides is 1. The van der Waals surface area contributed by atoms with Crippen molar-refractivity contribution in [3.63, 3.8) is 0 Å². The van der Waals surface area contributed by atoms with E-state index in [2.05, 4.69) is 15.5 Å². The number of rotatable bonds is 6. The number of aliphatic hydroxyl groups excluding tert-OH is 1. The van der Waals surface area contributed by atoms with Crippen molar-refractivity contribution in [1.82, 2.24) is 15.5 Å². The van der Waals surface area contributed by atoms with E-state index in [0.717, 1.165) is 24.2 Å². The van der Waals surface area contributed by atoms with Gasteiger partial charge in [0, 0.05) is 18.3 Å². The molecule has 2 rings (SSSR count). The minimum Gasteiger partial charge on any atom is -0.396 e. The fourth-order valence-electron chi connectivity index (χ4n) is 3.09. The zero-order valence-corrected chi connectivity index (χ0v) is 12.2.